The molecule has 0 spiro atoms. The minimum Gasteiger partial charge on any atom is -0.491 e. The van der Waals surface area contributed by atoms with Crippen molar-refractivity contribution in [3.8, 4) is 5.75 Å². The van der Waals surface area contributed by atoms with Gasteiger partial charge in [-0.3, -0.25) is 0 Å². The van der Waals surface area contributed by atoms with Crippen LogP contribution in [0.15, 0.2) is 23.0 Å². The molecule has 1 aliphatic rings. The number of nitrogens with two attached hydrogens (primary N) is 1. The number of hydrogen-bond donors (Lipinski definition) is 3. The summed E-state index contributed by atoms with van der Waals surface area (Å²) >= 11 is 0. The van der Waals surface area contributed by atoms with Crippen LogP contribution in [-0.4, -0.2) is 29.2 Å². The lowest BCUT2D eigenvalue weighted by Gasteiger charge is -2.14. The summed E-state index contributed by atoms with van der Waals surface area (Å²) in [4.78, 5) is 17.7. The van der Waals surface area contributed by atoms with E-state index in [2.05, 4.69) is 15.3 Å². The maximum absolute atomic E-state index is 11.3. The number of fused-ring (bicyclic) bond motifs is 1. The molecule has 100 valence electrons. The highest BCUT2D eigenvalue weighted by molar-refractivity contribution is 5.93. The molecule has 1 saturated heterocycles. The monoisotopic (exact) mass is 260 g/mol. The van der Waals surface area contributed by atoms with Gasteiger partial charge in [0.05, 0.1) is 10.9 Å². The van der Waals surface area contributed by atoms with Gasteiger partial charge in [-0.2, -0.15) is 4.98 Å². The van der Waals surface area contributed by atoms with E-state index in [1.165, 1.54) is 6.42 Å². The predicted octanol–water partition coefficient (Wildman–Crippen LogP) is 0.636. The van der Waals surface area contributed by atoms with Crippen molar-refractivity contribution in [3.63, 3.8) is 0 Å². The van der Waals surface area contributed by atoms with Gasteiger partial charge in [0.25, 0.3) is 0 Å². The molecular formula is C13H16N4O2. The number of nitrogens with zero attached hydrogens (tertiary/aromatic N) is 1. The number of ether oxygens (including phenoxy) is 1. The second kappa shape index (κ2) is 4.89. The summed E-state index contributed by atoms with van der Waals surface area (Å²) in [6.45, 7) is 1.64. The summed E-state index contributed by atoms with van der Waals surface area (Å²) in [6.07, 6.45) is 2.30. The van der Waals surface area contributed by atoms with Crippen molar-refractivity contribution in [2.45, 2.75) is 18.9 Å². The molecule has 6 nitrogen and oxygen atoms in total. The van der Waals surface area contributed by atoms with E-state index in [4.69, 9.17) is 10.5 Å². The van der Waals surface area contributed by atoms with Crippen LogP contribution < -0.4 is 21.5 Å². The largest absolute Gasteiger partial charge is 0.491 e. The van der Waals surface area contributed by atoms with Gasteiger partial charge in [-0.25, -0.2) is 4.79 Å². The first-order chi connectivity index (χ1) is 9.24. The summed E-state index contributed by atoms with van der Waals surface area (Å²) in [6, 6.07) is 5.84. The third kappa shape index (κ3) is 2.39. The van der Waals surface area contributed by atoms with E-state index in [1.54, 1.807) is 6.07 Å². The first-order valence-corrected chi connectivity index (χ1v) is 6.39. The van der Waals surface area contributed by atoms with Gasteiger partial charge in [-0.05, 0) is 31.5 Å². The zero-order valence-corrected chi connectivity index (χ0v) is 10.5. The van der Waals surface area contributed by atoms with Gasteiger partial charge in [0.15, 0.2) is 0 Å². The van der Waals surface area contributed by atoms with E-state index >= 15 is 0 Å². The molecule has 1 aromatic heterocycles. The molecule has 2 heterocycles. The number of anilines is 1. The van der Waals surface area contributed by atoms with Crippen LogP contribution in [0.1, 0.15) is 12.8 Å². The van der Waals surface area contributed by atoms with Crippen molar-refractivity contribution in [1.82, 2.24) is 15.3 Å². The van der Waals surface area contributed by atoms with Gasteiger partial charge >= 0.3 is 5.69 Å². The quantitative estimate of drug-likeness (QED) is 0.753. The summed E-state index contributed by atoms with van der Waals surface area (Å²) in [7, 11) is 0. The van der Waals surface area contributed by atoms with Crippen LogP contribution in [0.5, 0.6) is 5.75 Å². The highest BCUT2D eigenvalue weighted by atomic mass is 16.5. The molecule has 3 rings (SSSR count). The molecule has 0 bridgehead atoms. The number of H-pyrrole nitrogens is 1. The SMILES string of the molecule is Nc1nc(=O)[nH]c2cccc(OC[C@@H]3CCCN3)c12. The molecule has 1 aliphatic heterocycles. The maximum Gasteiger partial charge on any atom is 0.347 e. The topological polar surface area (TPSA) is 93.0 Å². The lowest BCUT2D eigenvalue weighted by molar-refractivity contribution is 0.280. The van der Waals surface area contributed by atoms with Gasteiger partial charge < -0.3 is 20.8 Å². The Morgan fingerprint density at radius 3 is 3.16 bits per heavy atom. The van der Waals surface area contributed by atoms with E-state index in [1.807, 2.05) is 12.1 Å². The molecule has 2 aromatic rings. The second-order valence-corrected chi connectivity index (χ2v) is 4.71. The summed E-state index contributed by atoms with van der Waals surface area (Å²) < 4.78 is 5.82. The molecule has 1 atom stereocenters. The molecular weight excluding hydrogens is 244 g/mol. The fourth-order valence-corrected chi connectivity index (χ4v) is 2.42. The Bertz CT molecular complexity index is 647. The molecule has 0 amide bonds. The number of benzene rings is 1. The molecule has 0 aliphatic carbocycles. The highest BCUT2D eigenvalue weighted by Gasteiger charge is 2.15. The summed E-state index contributed by atoms with van der Waals surface area (Å²) in [5.74, 6) is 0.862. The smallest absolute Gasteiger partial charge is 0.347 e. The first-order valence-electron chi connectivity index (χ1n) is 6.39. The average Bonchev–Trinajstić information content (AvgIpc) is 2.88. The number of rotatable bonds is 3. The highest BCUT2D eigenvalue weighted by Crippen LogP contribution is 2.27. The molecule has 4 N–H and O–H groups in total. The van der Waals surface area contributed by atoms with Crippen LogP contribution in [0.2, 0.25) is 0 Å². The molecule has 0 unspecified atom stereocenters. The number of nitrogens with one attached hydrogen (secondary N) is 2. The van der Waals surface area contributed by atoms with Crippen LogP contribution in [0.4, 0.5) is 5.82 Å². The van der Waals surface area contributed by atoms with Gasteiger partial charge in [-0.15, -0.1) is 0 Å². The lowest BCUT2D eigenvalue weighted by Crippen LogP contribution is -2.28. The van der Waals surface area contributed by atoms with Gasteiger partial charge in [0.2, 0.25) is 0 Å². The Morgan fingerprint density at radius 1 is 1.47 bits per heavy atom. The van der Waals surface area contributed by atoms with Crippen LogP contribution in [-0.2, 0) is 0 Å². The van der Waals surface area contributed by atoms with E-state index in [0.29, 0.717) is 29.3 Å². The van der Waals surface area contributed by atoms with E-state index in [0.717, 1.165) is 13.0 Å². The zero-order chi connectivity index (χ0) is 13.2. The lowest BCUT2D eigenvalue weighted by atomic mass is 10.2. The van der Waals surface area contributed by atoms with E-state index in [9.17, 15) is 4.79 Å². The van der Waals surface area contributed by atoms with Crippen LogP contribution in [0.3, 0.4) is 0 Å². The average molecular weight is 260 g/mol. The van der Waals surface area contributed by atoms with Crippen molar-refractivity contribution in [2.75, 3.05) is 18.9 Å². The Morgan fingerprint density at radius 2 is 2.37 bits per heavy atom. The Kier molecular flexibility index (Phi) is 3.08. The van der Waals surface area contributed by atoms with Crippen molar-refractivity contribution in [3.05, 3.63) is 28.7 Å². The third-order valence-corrected chi connectivity index (χ3v) is 3.35. The van der Waals surface area contributed by atoms with E-state index in [-0.39, 0.29) is 5.82 Å². The minimum atomic E-state index is -0.445. The maximum atomic E-state index is 11.3. The molecule has 0 radical (unpaired) electrons. The number of aromatic amines is 1. The minimum absolute atomic E-state index is 0.203. The van der Waals surface area contributed by atoms with Gasteiger partial charge in [-0.1, -0.05) is 6.07 Å². The summed E-state index contributed by atoms with van der Waals surface area (Å²) in [5.41, 5.74) is 6.02. The third-order valence-electron chi connectivity index (χ3n) is 3.35. The van der Waals surface area contributed by atoms with Crippen LogP contribution in [0.25, 0.3) is 10.9 Å². The first kappa shape index (κ1) is 12.0. The summed E-state index contributed by atoms with van der Waals surface area (Å²) in [5, 5.41) is 4.04. The molecule has 1 fully saturated rings. The van der Waals surface area contributed by atoms with Crippen molar-refractivity contribution in [1.29, 1.82) is 0 Å². The molecule has 1 aromatic carbocycles. The number of aromatic nitrogens is 2. The number of nitrogen functional groups attached to an aromatic ring is 1. The Hall–Kier alpha value is -2.08. The van der Waals surface area contributed by atoms with Crippen LogP contribution in [0, 0.1) is 0 Å². The fourth-order valence-electron chi connectivity index (χ4n) is 2.42. The van der Waals surface area contributed by atoms with Gasteiger partial charge in [0, 0.05) is 6.04 Å². The van der Waals surface area contributed by atoms with Gasteiger partial charge in [0.1, 0.15) is 18.2 Å². The zero-order valence-electron chi connectivity index (χ0n) is 10.5. The molecule has 0 saturated carbocycles. The Balaban J connectivity index is 1.92. The second-order valence-electron chi connectivity index (χ2n) is 4.71. The van der Waals surface area contributed by atoms with E-state index < -0.39 is 5.69 Å². The standard InChI is InChI=1S/C13H16N4O2/c14-12-11-9(16-13(18)17-12)4-1-5-10(11)19-7-8-3-2-6-15-8/h1,4-5,8,15H,2-3,6-7H2,(H3,14,16,17,18)/t8-/m0/s1. The predicted molar refractivity (Wildman–Crippen MR) is 73.3 cm³/mol. The fraction of sp³-hybridized carbons (Fsp3) is 0.385. The molecule has 6 heteroatoms. The van der Waals surface area contributed by atoms with Crippen LogP contribution >= 0.6 is 0 Å². The van der Waals surface area contributed by atoms with Crippen molar-refractivity contribution in [2.24, 2.45) is 0 Å². The van der Waals surface area contributed by atoms with Crippen molar-refractivity contribution < 1.29 is 4.74 Å². The normalized spacial score (nSPS) is 18.8. The molecule has 19 heavy (non-hydrogen) atoms. The number of hydrogen-bond acceptors (Lipinski definition) is 5. The Labute approximate surface area is 110 Å². The van der Waals surface area contributed by atoms with Crippen molar-refractivity contribution >= 4 is 16.7 Å².